The van der Waals surface area contributed by atoms with Gasteiger partial charge >= 0.3 is 0 Å². The molecule has 3 nitrogen and oxygen atoms in total. The lowest BCUT2D eigenvalue weighted by atomic mass is 10.1. The number of rotatable bonds is 2. The Bertz CT molecular complexity index is 527. The fraction of sp³-hybridized carbons (Fsp3) is 0.462. The van der Waals surface area contributed by atoms with Crippen LogP contribution < -0.4 is 0 Å². The average molecular weight is 352 g/mol. The van der Waals surface area contributed by atoms with E-state index in [-0.39, 0.29) is 18.7 Å². The minimum atomic E-state index is -1.63. The lowest BCUT2D eigenvalue weighted by Crippen LogP contribution is -2.51. The van der Waals surface area contributed by atoms with Gasteiger partial charge in [-0.1, -0.05) is 15.9 Å². The van der Waals surface area contributed by atoms with E-state index in [1.807, 2.05) is 0 Å². The van der Waals surface area contributed by atoms with Crippen molar-refractivity contribution in [1.82, 2.24) is 4.90 Å². The molecule has 0 N–H and O–H groups in total. The Morgan fingerprint density at radius 1 is 1.40 bits per heavy atom. The molecule has 20 heavy (non-hydrogen) atoms. The Hall–Kier alpha value is -1.08. The topological polar surface area (TPSA) is 29.5 Å². The number of hydrogen-bond acceptors (Lipinski definition) is 2. The number of benzene rings is 1. The summed E-state index contributed by atoms with van der Waals surface area (Å²) in [6.07, 6.45) is -0.205. The number of carbonyl (C=O) groups is 1. The highest BCUT2D eigenvalue weighted by atomic mass is 79.9. The zero-order valence-corrected chi connectivity index (χ0v) is 12.3. The second-order valence-corrected chi connectivity index (χ2v) is 5.29. The van der Waals surface area contributed by atoms with Crippen LogP contribution in [0.4, 0.5) is 13.2 Å². The first-order valence-corrected chi connectivity index (χ1v) is 7.19. The van der Waals surface area contributed by atoms with Crippen molar-refractivity contribution in [3.05, 3.63) is 35.1 Å². The normalized spacial score (nSPS) is 22.9. The minimum Gasteiger partial charge on any atom is -0.373 e. The Labute approximate surface area is 122 Å². The molecule has 1 heterocycles. The van der Waals surface area contributed by atoms with E-state index in [0.29, 0.717) is 11.9 Å². The van der Waals surface area contributed by atoms with Crippen LogP contribution in [0.25, 0.3) is 0 Å². The second-order valence-electron chi connectivity index (χ2n) is 4.64. The second kappa shape index (κ2) is 6.13. The zero-order valence-electron chi connectivity index (χ0n) is 10.7. The summed E-state index contributed by atoms with van der Waals surface area (Å²) < 4.78 is 45.2. The van der Waals surface area contributed by atoms with Gasteiger partial charge in [-0.2, -0.15) is 0 Å². The van der Waals surface area contributed by atoms with Crippen LogP contribution in [-0.4, -0.2) is 41.4 Å². The number of nitrogens with zero attached hydrogens (tertiary/aromatic N) is 1. The smallest absolute Gasteiger partial charge is 0.257 e. The maximum absolute atomic E-state index is 13.7. The van der Waals surface area contributed by atoms with Crippen LogP contribution in [0.5, 0.6) is 0 Å². The highest BCUT2D eigenvalue weighted by Crippen LogP contribution is 2.21. The Morgan fingerprint density at radius 2 is 2.10 bits per heavy atom. The summed E-state index contributed by atoms with van der Waals surface area (Å²) in [6, 6.07) is 1.45. The largest absolute Gasteiger partial charge is 0.373 e. The molecular weight excluding hydrogens is 339 g/mol. The summed E-state index contributed by atoms with van der Waals surface area (Å²) in [4.78, 5) is 13.7. The number of morpholine rings is 1. The first-order valence-electron chi connectivity index (χ1n) is 6.07. The van der Waals surface area contributed by atoms with Crippen LogP contribution in [0.2, 0.25) is 0 Å². The van der Waals surface area contributed by atoms with Crippen molar-refractivity contribution in [3.8, 4) is 0 Å². The quantitative estimate of drug-likeness (QED) is 0.605. The molecule has 0 bridgehead atoms. The predicted molar refractivity (Wildman–Crippen MR) is 70.3 cm³/mol. The SMILES string of the molecule is CC1COC(CBr)CN1C(=O)c1ccc(F)c(F)c1F. The molecule has 1 aliphatic heterocycles. The van der Waals surface area contributed by atoms with Gasteiger partial charge in [-0.15, -0.1) is 0 Å². The Kier molecular flexibility index (Phi) is 4.70. The van der Waals surface area contributed by atoms with Crippen LogP contribution >= 0.6 is 15.9 Å². The standard InChI is InChI=1S/C13H13BrF3NO2/c1-7-6-20-8(4-14)5-18(7)13(19)9-2-3-10(15)12(17)11(9)16/h2-3,7-8H,4-6H2,1H3. The molecule has 1 fully saturated rings. The molecule has 2 unspecified atom stereocenters. The van der Waals surface area contributed by atoms with Gasteiger partial charge in [0.05, 0.1) is 24.3 Å². The Balaban J connectivity index is 2.28. The van der Waals surface area contributed by atoms with Crippen LogP contribution in [0.1, 0.15) is 17.3 Å². The molecule has 2 atom stereocenters. The van der Waals surface area contributed by atoms with E-state index >= 15 is 0 Å². The van der Waals surface area contributed by atoms with Gasteiger partial charge in [-0.25, -0.2) is 13.2 Å². The fourth-order valence-electron chi connectivity index (χ4n) is 2.04. The van der Waals surface area contributed by atoms with Gasteiger partial charge in [0, 0.05) is 11.9 Å². The first kappa shape index (κ1) is 15.3. The summed E-state index contributed by atoms with van der Waals surface area (Å²) in [5.74, 6) is -5.06. The van der Waals surface area contributed by atoms with Crippen molar-refractivity contribution < 1.29 is 22.7 Å². The van der Waals surface area contributed by atoms with Crippen LogP contribution in [0.15, 0.2) is 12.1 Å². The van der Waals surface area contributed by atoms with Gasteiger partial charge in [0.2, 0.25) is 0 Å². The van der Waals surface area contributed by atoms with Gasteiger partial charge in [0.25, 0.3) is 5.91 Å². The van der Waals surface area contributed by atoms with E-state index in [4.69, 9.17) is 4.74 Å². The molecule has 1 saturated heterocycles. The lowest BCUT2D eigenvalue weighted by molar-refractivity contribution is -0.0363. The van der Waals surface area contributed by atoms with Gasteiger partial charge < -0.3 is 9.64 Å². The first-order chi connectivity index (χ1) is 9.45. The fourth-order valence-corrected chi connectivity index (χ4v) is 2.43. The summed E-state index contributed by atoms with van der Waals surface area (Å²) in [7, 11) is 0. The molecular formula is C13H13BrF3NO2. The summed E-state index contributed by atoms with van der Waals surface area (Å²) in [5.41, 5.74) is -0.467. The van der Waals surface area contributed by atoms with Crippen molar-refractivity contribution in [3.63, 3.8) is 0 Å². The highest BCUT2D eigenvalue weighted by molar-refractivity contribution is 9.09. The van der Waals surface area contributed by atoms with E-state index in [1.54, 1.807) is 6.92 Å². The molecule has 1 aliphatic rings. The van der Waals surface area contributed by atoms with Crippen molar-refractivity contribution in [2.24, 2.45) is 0 Å². The van der Waals surface area contributed by atoms with Gasteiger partial charge in [-0.3, -0.25) is 4.79 Å². The average Bonchev–Trinajstić information content (AvgIpc) is 2.45. The molecule has 1 amide bonds. The number of halogens is 4. The molecule has 1 aromatic rings. The number of hydrogen-bond donors (Lipinski definition) is 0. The van der Waals surface area contributed by atoms with E-state index < -0.39 is 28.9 Å². The minimum absolute atomic E-state index is 0.205. The van der Waals surface area contributed by atoms with E-state index in [0.717, 1.165) is 12.1 Å². The maximum Gasteiger partial charge on any atom is 0.257 e. The Morgan fingerprint density at radius 3 is 2.75 bits per heavy atom. The van der Waals surface area contributed by atoms with Crippen LogP contribution in [0.3, 0.4) is 0 Å². The van der Waals surface area contributed by atoms with E-state index in [1.165, 1.54) is 4.90 Å². The summed E-state index contributed by atoms with van der Waals surface area (Å²) >= 11 is 3.25. The van der Waals surface area contributed by atoms with Crippen molar-refractivity contribution in [2.75, 3.05) is 18.5 Å². The number of ether oxygens (including phenoxy) is 1. The molecule has 0 spiro atoms. The monoisotopic (exact) mass is 351 g/mol. The molecule has 110 valence electrons. The number of amides is 1. The molecule has 0 radical (unpaired) electrons. The third-order valence-corrected chi connectivity index (χ3v) is 3.93. The summed E-state index contributed by atoms with van der Waals surface area (Å²) in [6.45, 7) is 2.33. The number of carbonyl (C=O) groups excluding carboxylic acids is 1. The van der Waals surface area contributed by atoms with Crippen LogP contribution in [0, 0.1) is 17.5 Å². The number of alkyl halides is 1. The molecule has 2 rings (SSSR count). The summed E-state index contributed by atoms with van der Waals surface area (Å²) in [5, 5.41) is 0.532. The zero-order chi connectivity index (χ0) is 14.9. The predicted octanol–water partition coefficient (Wildman–Crippen LogP) is 2.73. The van der Waals surface area contributed by atoms with Crippen molar-refractivity contribution >= 4 is 21.8 Å². The molecule has 1 aromatic carbocycles. The third kappa shape index (κ3) is 2.83. The van der Waals surface area contributed by atoms with Crippen molar-refractivity contribution in [1.29, 1.82) is 0 Å². The molecule has 0 saturated carbocycles. The molecule has 0 aromatic heterocycles. The van der Waals surface area contributed by atoms with Crippen LogP contribution in [-0.2, 0) is 4.74 Å². The molecule has 0 aliphatic carbocycles. The van der Waals surface area contributed by atoms with Crippen molar-refractivity contribution in [2.45, 2.75) is 19.1 Å². The lowest BCUT2D eigenvalue weighted by Gasteiger charge is -2.37. The third-order valence-electron chi connectivity index (χ3n) is 3.20. The highest BCUT2D eigenvalue weighted by Gasteiger charge is 2.32. The maximum atomic E-state index is 13.7. The molecule has 7 heteroatoms. The van der Waals surface area contributed by atoms with Gasteiger partial charge in [0.15, 0.2) is 17.5 Å². The van der Waals surface area contributed by atoms with Gasteiger partial charge in [-0.05, 0) is 19.1 Å². The van der Waals surface area contributed by atoms with E-state index in [2.05, 4.69) is 15.9 Å². The van der Waals surface area contributed by atoms with Gasteiger partial charge in [0.1, 0.15) is 0 Å². The van der Waals surface area contributed by atoms with E-state index in [9.17, 15) is 18.0 Å².